The highest BCUT2D eigenvalue weighted by molar-refractivity contribution is 6.09. The second-order valence-corrected chi connectivity index (χ2v) is 11.5. The van der Waals surface area contributed by atoms with Crippen molar-refractivity contribution in [1.29, 1.82) is 0 Å². The van der Waals surface area contributed by atoms with Crippen molar-refractivity contribution in [2.45, 2.75) is 0 Å². The summed E-state index contributed by atoms with van der Waals surface area (Å²) in [6.45, 7) is 0. The Balaban J connectivity index is 1.13. The van der Waals surface area contributed by atoms with E-state index in [1.165, 1.54) is 28.1 Å². The average molecular weight is 618 g/mol. The third-order valence-electron chi connectivity index (χ3n) is 8.66. The molecule has 0 amide bonds. The van der Waals surface area contributed by atoms with Gasteiger partial charge >= 0.3 is 0 Å². The maximum Gasteiger partial charge on any atom is 0.178 e. The smallest absolute Gasteiger partial charge is 0.178 e. The number of aromatic nitrogens is 6. The summed E-state index contributed by atoms with van der Waals surface area (Å²) in [4.78, 5) is 16.5. The number of anilines is 3. The van der Waals surface area contributed by atoms with Gasteiger partial charge in [0, 0.05) is 39.0 Å². The first-order valence-electron chi connectivity index (χ1n) is 15.8. The van der Waals surface area contributed by atoms with Gasteiger partial charge in [0.2, 0.25) is 0 Å². The maximum absolute atomic E-state index is 5.08. The molecule has 7 nitrogen and oxygen atoms in total. The van der Waals surface area contributed by atoms with Crippen LogP contribution in [0.15, 0.2) is 164 Å². The van der Waals surface area contributed by atoms with Crippen LogP contribution in [0.5, 0.6) is 0 Å². The quantitative estimate of drug-likeness (QED) is 0.185. The van der Waals surface area contributed by atoms with Crippen molar-refractivity contribution in [2.75, 3.05) is 4.90 Å². The van der Waals surface area contributed by atoms with Crippen molar-refractivity contribution in [2.24, 2.45) is 0 Å². The number of hydrogen-bond acceptors (Lipinski definition) is 6. The second kappa shape index (κ2) is 11.6. The van der Waals surface area contributed by atoms with E-state index in [4.69, 9.17) is 9.97 Å². The highest BCUT2D eigenvalue weighted by atomic mass is 15.3. The summed E-state index contributed by atoms with van der Waals surface area (Å²) >= 11 is 0. The van der Waals surface area contributed by atoms with E-state index in [1.807, 2.05) is 42.5 Å². The van der Waals surface area contributed by atoms with Crippen LogP contribution in [0.3, 0.4) is 0 Å². The van der Waals surface area contributed by atoms with E-state index in [0.29, 0.717) is 5.82 Å². The van der Waals surface area contributed by atoms with Crippen LogP contribution in [0.4, 0.5) is 17.2 Å². The lowest BCUT2D eigenvalue weighted by atomic mass is 10.0. The van der Waals surface area contributed by atoms with Crippen molar-refractivity contribution < 1.29 is 0 Å². The minimum absolute atomic E-state index is 0.616. The molecule has 0 atom stereocenters. The lowest BCUT2D eigenvalue weighted by Gasteiger charge is -2.24. The van der Waals surface area contributed by atoms with Crippen LogP contribution < -0.4 is 4.90 Å². The van der Waals surface area contributed by atoms with Gasteiger partial charge in [-0.1, -0.05) is 91.0 Å². The van der Waals surface area contributed by atoms with E-state index < -0.39 is 0 Å². The van der Waals surface area contributed by atoms with Gasteiger partial charge in [0.1, 0.15) is 6.33 Å². The molecule has 226 valence electrons. The van der Waals surface area contributed by atoms with E-state index in [2.05, 4.69) is 134 Å². The van der Waals surface area contributed by atoms with E-state index in [1.54, 1.807) is 6.20 Å². The zero-order valence-corrected chi connectivity index (χ0v) is 25.7. The Labute approximate surface area is 276 Å². The summed E-state index contributed by atoms with van der Waals surface area (Å²) in [5, 5.41) is 11.0. The van der Waals surface area contributed by atoms with Crippen molar-refractivity contribution in [3.8, 4) is 28.2 Å². The topological polar surface area (TPSA) is 72.6 Å². The van der Waals surface area contributed by atoms with Gasteiger partial charge in [0.15, 0.2) is 5.82 Å². The molecule has 0 bridgehead atoms. The number of nitrogens with zero attached hydrogens (tertiary/aromatic N) is 7. The van der Waals surface area contributed by atoms with Gasteiger partial charge in [-0.25, -0.2) is 15.0 Å². The number of fused-ring (bicyclic) bond motifs is 4. The zero-order valence-electron chi connectivity index (χ0n) is 25.7. The molecule has 7 heteroatoms. The number of benzene rings is 6. The minimum atomic E-state index is 0.616. The monoisotopic (exact) mass is 617 g/mol. The molecule has 0 aliphatic rings. The summed E-state index contributed by atoms with van der Waals surface area (Å²) in [7, 11) is 0. The van der Waals surface area contributed by atoms with Crippen LogP contribution in [0, 0.1) is 0 Å². The molecule has 0 radical (unpaired) electrons. The summed E-state index contributed by atoms with van der Waals surface area (Å²) in [5.41, 5.74) is 10.6. The molecular formula is C41H27N7. The highest BCUT2D eigenvalue weighted by Gasteiger charge is 2.18. The minimum Gasteiger partial charge on any atom is -0.309 e. The van der Waals surface area contributed by atoms with Crippen LogP contribution in [-0.4, -0.2) is 29.7 Å². The molecule has 0 saturated heterocycles. The fourth-order valence-corrected chi connectivity index (χ4v) is 6.48. The van der Waals surface area contributed by atoms with Crippen LogP contribution in [-0.2, 0) is 0 Å². The average Bonchev–Trinajstić information content (AvgIpc) is 3.50. The summed E-state index contributed by atoms with van der Waals surface area (Å²) in [6.07, 6.45) is 3.17. The van der Waals surface area contributed by atoms with Gasteiger partial charge < -0.3 is 4.57 Å². The predicted molar refractivity (Wildman–Crippen MR) is 193 cm³/mol. The Morgan fingerprint density at radius 3 is 1.58 bits per heavy atom. The SMILES string of the molecule is c1ccc(-c2nc3ccccc3nc2-c2ccc(N(c3ccc(-n4c5ccccc5c5ccccc54)cc3)c3cncnn3)cc2)cc1. The zero-order chi connectivity index (χ0) is 31.9. The van der Waals surface area contributed by atoms with Crippen LogP contribution in [0.25, 0.3) is 61.0 Å². The first kappa shape index (κ1) is 27.6. The lowest BCUT2D eigenvalue weighted by molar-refractivity contribution is 0.951. The van der Waals surface area contributed by atoms with Crippen LogP contribution in [0.2, 0.25) is 0 Å². The third kappa shape index (κ3) is 4.73. The molecular weight excluding hydrogens is 591 g/mol. The Morgan fingerprint density at radius 2 is 1.00 bits per heavy atom. The fraction of sp³-hybridized carbons (Fsp3) is 0. The fourth-order valence-electron chi connectivity index (χ4n) is 6.48. The van der Waals surface area contributed by atoms with Gasteiger partial charge in [-0.2, -0.15) is 0 Å². The van der Waals surface area contributed by atoms with Crippen molar-refractivity contribution in [1.82, 2.24) is 29.7 Å². The summed E-state index contributed by atoms with van der Waals surface area (Å²) < 4.78 is 2.31. The second-order valence-electron chi connectivity index (χ2n) is 11.5. The molecule has 0 aliphatic heterocycles. The van der Waals surface area contributed by atoms with Gasteiger partial charge in [0.25, 0.3) is 0 Å². The molecule has 48 heavy (non-hydrogen) atoms. The van der Waals surface area contributed by atoms with E-state index in [9.17, 15) is 0 Å². The van der Waals surface area contributed by atoms with Crippen molar-refractivity contribution in [3.05, 3.63) is 164 Å². The molecule has 9 rings (SSSR count). The molecule has 3 aromatic heterocycles. The number of hydrogen-bond donors (Lipinski definition) is 0. The molecule has 6 aromatic carbocycles. The van der Waals surface area contributed by atoms with Crippen LogP contribution in [0.1, 0.15) is 0 Å². The normalized spacial score (nSPS) is 11.3. The Kier molecular flexibility index (Phi) is 6.64. The van der Waals surface area contributed by atoms with E-state index in [-0.39, 0.29) is 0 Å². The third-order valence-corrected chi connectivity index (χ3v) is 8.66. The summed E-state index contributed by atoms with van der Waals surface area (Å²) in [5.74, 6) is 0.616. The van der Waals surface area contributed by atoms with Crippen molar-refractivity contribution in [3.63, 3.8) is 0 Å². The molecule has 0 saturated carbocycles. The van der Waals surface area contributed by atoms with E-state index >= 15 is 0 Å². The molecule has 0 spiro atoms. The molecule has 0 unspecified atom stereocenters. The Bertz CT molecular complexity index is 2490. The first-order valence-corrected chi connectivity index (χ1v) is 15.8. The van der Waals surface area contributed by atoms with Crippen LogP contribution >= 0.6 is 0 Å². The van der Waals surface area contributed by atoms with E-state index in [0.717, 1.165) is 50.6 Å². The molecule has 3 heterocycles. The first-order chi connectivity index (χ1) is 23.8. The molecule has 0 N–H and O–H groups in total. The van der Waals surface area contributed by atoms with Crippen molar-refractivity contribution >= 4 is 50.0 Å². The van der Waals surface area contributed by atoms with Gasteiger partial charge in [0.05, 0.1) is 39.7 Å². The van der Waals surface area contributed by atoms with Gasteiger partial charge in [-0.3, -0.25) is 4.90 Å². The number of rotatable bonds is 6. The standard InChI is InChI=1S/C41H27N7/c1-2-10-28(11-3-1)40-41(45-36-15-7-6-14-35(36)44-40)29-18-20-30(21-19-29)47(39-26-42-27-43-46-39)31-22-24-32(25-23-31)48-37-16-8-4-12-33(37)34-13-5-9-17-38(34)48/h1-27H. The molecule has 0 fully saturated rings. The van der Waals surface area contributed by atoms with Gasteiger partial charge in [-0.15, -0.1) is 10.2 Å². The molecule has 9 aromatic rings. The highest BCUT2D eigenvalue weighted by Crippen LogP contribution is 2.37. The number of para-hydroxylation sites is 4. The largest absolute Gasteiger partial charge is 0.309 e. The maximum atomic E-state index is 5.08. The molecule has 0 aliphatic carbocycles. The van der Waals surface area contributed by atoms with Gasteiger partial charge in [-0.05, 0) is 60.7 Å². The Hall–Kier alpha value is -6.73. The Morgan fingerprint density at radius 1 is 0.479 bits per heavy atom. The lowest BCUT2D eigenvalue weighted by Crippen LogP contribution is -2.12. The summed E-state index contributed by atoms with van der Waals surface area (Å²) in [6, 6.07) is 52.1. The predicted octanol–water partition coefficient (Wildman–Crippen LogP) is 9.72.